The molecule has 7 aromatic carbocycles. The van der Waals surface area contributed by atoms with Crippen molar-refractivity contribution in [2.24, 2.45) is 0 Å². The number of para-hydroxylation sites is 2. The maximum atomic E-state index is 2.35. The predicted octanol–water partition coefficient (Wildman–Crippen LogP) is 18.8. The Morgan fingerprint density at radius 3 is 0.938 bits per heavy atom. The maximum Gasteiger partial charge on any atom is 0.0462 e. The van der Waals surface area contributed by atoms with Gasteiger partial charge >= 0.3 is 0 Å². The third-order valence-electron chi connectivity index (χ3n) is 12.3. The van der Waals surface area contributed by atoms with Gasteiger partial charge in [-0.25, -0.2) is 0 Å². The first-order valence-electron chi connectivity index (χ1n) is 24.2. The van der Waals surface area contributed by atoms with Gasteiger partial charge in [-0.3, -0.25) is 0 Å². The minimum Gasteiger partial charge on any atom is -0.311 e. The Hall–Kier alpha value is -6.38. The van der Waals surface area contributed by atoms with Gasteiger partial charge in [0.05, 0.1) is 0 Å². The van der Waals surface area contributed by atoms with Crippen molar-refractivity contribution in [2.45, 2.75) is 104 Å². The number of anilines is 6. The number of nitrogens with zero attached hydrogens (tertiary/aromatic N) is 2. The molecule has 0 aliphatic carbocycles. The van der Waals surface area contributed by atoms with Crippen molar-refractivity contribution in [1.29, 1.82) is 0 Å². The molecule has 2 nitrogen and oxygen atoms in total. The highest BCUT2D eigenvalue weighted by Gasteiger charge is 2.14. The molecule has 0 heterocycles. The van der Waals surface area contributed by atoms with Crippen molar-refractivity contribution in [3.8, 4) is 0 Å². The minimum absolute atomic E-state index is 1.14. The van der Waals surface area contributed by atoms with Crippen LogP contribution in [-0.2, 0) is 12.8 Å². The molecular weight excluding hydrogens is 773 g/mol. The smallest absolute Gasteiger partial charge is 0.0462 e. The second kappa shape index (κ2) is 25.1. The first-order chi connectivity index (χ1) is 31.7. The van der Waals surface area contributed by atoms with Crippen LogP contribution in [0.2, 0.25) is 0 Å². The van der Waals surface area contributed by atoms with Crippen molar-refractivity contribution < 1.29 is 0 Å². The molecule has 7 aromatic rings. The number of hydrogen-bond acceptors (Lipinski definition) is 2. The van der Waals surface area contributed by atoms with E-state index in [0.29, 0.717) is 0 Å². The zero-order valence-corrected chi connectivity index (χ0v) is 38.4. The van der Waals surface area contributed by atoms with E-state index in [1.807, 2.05) is 0 Å². The molecule has 0 amide bonds. The second-order valence-electron chi connectivity index (χ2n) is 17.2. The van der Waals surface area contributed by atoms with Gasteiger partial charge in [-0.1, -0.05) is 212 Å². The van der Waals surface area contributed by atoms with Crippen LogP contribution >= 0.6 is 0 Å². The van der Waals surface area contributed by atoms with Gasteiger partial charge in [-0.05, 0) is 132 Å². The topological polar surface area (TPSA) is 6.48 Å². The van der Waals surface area contributed by atoms with E-state index in [-0.39, 0.29) is 0 Å². The number of rotatable bonds is 24. The van der Waals surface area contributed by atoms with Crippen LogP contribution in [0.5, 0.6) is 0 Å². The van der Waals surface area contributed by atoms with Crippen LogP contribution in [-0.4, -0.2) is 0 Å². The average molecular weight is 841 g/mol. The van der Waals surface area contributed by atoms with Gasteiger partial charge in [-0.15, -0.1) is 0 Å². The summed E-state index contributed by atoms with van der Waals surface area (Å²) in [6, 6.07) is 66.2. The number of benzene rings is 7. The number of hydrogen-bond donors (Lipinski definition) is 0. The van der Waals surface area contributed by atoms with Crippen molar-refractivity contribution in [3.05, 3.63) is 215 Å². The molecule has 0 atom stereocenters. The number of aryl methyl sites for hydroxylation is 2. The van der Waals surface area contributed by atoms with Gasteiger partial charge in [0.25, 0.3) is 0 Å². The Labute approximate surface area is 385 Å². The summed E-state index contributed by atoms with van der Waals surface area (Å²) in [5, 5.41) is 0. The molecular formula is C62H68N2. The summed E-state index contributed by atoms with van der Waals surface area (Å²) in [5.74, 6) is 0. The van der Waals surface area contributed by atoms with Crippen molar-refractivity contribution in [3.63, 3.8) is 0 Å². The average Bonchev–Trinajstić information content (AvgIpc) is 3.35. The lowest BCUT2D eigenvalue weighted by atomic mass is 10.0. The lowest BCUT2D eigenvalue weighted by Crippen LogP contribution is -2.09. The summed E-state index contributed by atoms with van der Waals surface area (Å²) in [4.78, 5) is 4.70. The third-order valence-corrected chi connectivity index (χ3v) is 12.3. The van der Waals surface area contributed by atoms with E-state index in [0.717, 1.165) is 46.7 Å². The molecule has 0 aliphatic rings. The fraction of sp³-hybridized carbons (Fsp3) is 0.258. The summed E-state index contributed by atoms with van der Waals surface area (Å²) < 4.78 is 0. The molecule has 0 radical (unpaired) electrons. The molecule has 326 valence electrons. The van der Waals surface area contributed by atoms with Crippen LogP contribution < -0.4 is 9.80 Å². The third kappa shape index (κ3) is 13.6. The van der Waals surface area contributed by atoms with E-state index in [1.165, 1.54) is 111 Å². The van der Waals surface area contributed by atoms with Crippen LogP contribution in [0.25, 0.3) is 24.3 Å². The zero-order valence-electron chi connectivity index (χ0n) is 38.4. The summed E-state index contributed by atoms with van der Waals surface area (Å²) in [7, 11) is 0. The van der Waals surface area contributed by atoms with Crippen LogP contribution in [0.3, 0.4) is 0 Å². The summed E-state index contributed by atoms with van der Waals surface area (Å²) in [6.07, 6.45) is 27.1. The van der Waals surface area contributed by atoms with Gasteiger partial charge < -0.3 is 9.80 Å². The van der Waals surface area contributed by atoms with Crippen molar-refractivity contribution >= 4 is 58.4 Å². The molecule has 0 unspecified atom stereocenters. The highest BCUT2D eigenvalue weighted by molar-refractivity contribution is 5.82. The lowest BCUT2D eigenvalue weighted by Gasteiger charge is -2.25. The van der Waals surface area contributed by atoms with Crippen molar-refractivity contribution in [2.75, 3.05) is 9.80 Å². The van der Waals surface area contributed by atoms with E-state index in [4.69, 9.17) is 0 Å². The van der Waals surface area contributed by atoms with E-state index >= 15 is 0 Å². The molecule has 0 aliphatic heterocycles. The maximum absolute atomic E-state index is 2.35. The van der Waals surface area contributed by atoms with Crippen molar-refractivity contribution in [1.82, 2.24) is 0 Å². The fourth-order valence-electron chi connectivity index (χ4n) is 8.55. The molecule has 0 aromatic heterocycles. The van der Waals surface area contributed by atoms with E-state index in [1.54, 1.807) is 0 Å². The molecule has 0 N–H and O–H groups in total. The molecule has 7 rings (SSSR count). The summed E-state index contributed by atoms with van der Waals surface area (Å²) in [6.45, 7) is 4.56. The van der Waals surface area contributed by atoms with Crippen LogP contribution in [0, 0.1) is 0 Å². The first kappa shape index (κ1) is 45.6. The van der Waals surface area contributed by atoms with Gasteiger partial charge in [-0.2, -0.15) is 0 Å². The van der Waals surface area contributed by atoms with Gasteiger partial charge in [0.1, 0.15) is 0 Å². The Balaban J connectivity index is 1.01. The minimum atomic E-state index is 1.14. The fourth-order valence-corrected chi connectivity index (χ4v) is 8.55. The van der Waals surface area contributed by atoms with Gasteiger partial charge in [0.2, 0.25) is 0 Å². The Bertz CT molecular complexity index is 2250. The molecule has 64 heavy (non-hydrogen) atoms. The van der Waals surface area contributed by atoms with E-state index in [9.17, 15) is 0 Å². The van der Waals surface area contributed by atoms with Gasteiger partial charge in [0, 0.05) is 34.1 Å². The predicted molar refractivity (Wildman–Crippen MR) is 281 cm³/mol. The normalized spacial score (nSPS) is 11.4. The molecule has 0 bridgehead atoms. The van der Waals surface area contributed by atoms with Crippen LogP contribution in [0.15, 0.2) is 182 Å². The van der Waals surface area contributed by atoms with E-state index < -0.39 is 0 Å². The molecule has 0 saturated heterocycles. The largest absolute Gasteiger partial charge is 0.311 e. The second-order valence-corrected chi connectivity index (χ2v) is 17.2. The Morgan fingerprint density at radius 2 is 0.578 bits per heavy atom. The van der Waals surface area contributed by atoms with Gasteiger partial charge in [0.15, 0.2) is 0 Å². The molecule has 0 fully saturated rings. The van der Waals surface area contributed by atoms with E-state index in [2.05, 4.69) is 230 Å². The lowest BCUT2D eigenvalue weighted by molar-refractivity contribution is 0.607. The highest BCUT2D eigenvalue weighted by atomic mass is 15.1. The highest BCUT2D eigenvalue weighted by Crippen LogP contribution is 2.36. The quantitative estimate of drug-likeness (QED) is 0.0442. The molecule has 2 heteroatoms. The number of unbranched alkanes of at least 4 members (excludes halogenated alkanes) is 10. The first-order valence-corrected chi connectivity index (χ1v) is 24.2. The summed E-state index contributed by atoms with van der Waals surface area (Å²) in [5.41, 5.74) is 14.5. The molecule has 0 saturated carbocycles. The zero-order chi connectivity index (χ0) is 44.0. The molecule has 0 spiro atoms. The Morgan fingerprint density at radius 1 is 0.281 bits per heavy atom. The van der Waals surface area contributed by atoms with Crippen LogP contribution in [0.1, 0.15) is 124 Å². The monoisotopic (exact) mass is 841 g/mol. The SMILES string of the molecule is CCCCCCCCc1ccc(N(c2ccccc2)c2ccc(C=Cc3ccccc3C=Cc3ccc(N(c4ccccc4)c4ccc(CCCCCCCC)cc4)cc3)cc2)cc1. The Kier molecular flexibility index (Phi) is 17.9. The van der Waals surface area contributed by atoms with Crippen LogP contribution in [0.4, 0.5) is 34.1 Å². The summed E-state index contributed by atoms with van der Waals surface area (Å²) >= 11 is 0. The standard InChI is InChI=1S/C62H68N2/c1-3-5-7-9-11-15-23-51-33-43-59(44-34-51)63(57-27-17-13-18-28-57)61-47-37-53(38-48-61)31-41-55-25-21-22-26-56(55)42-32-54-39-49-62(50-40-54)64(58-29-19-14-20-30-58)60-45-35-52(36-46-60)24-16-12-10-8-6-4-2/h13-14,17-22,25-50H,3-12,15-16,23-24H2,1-2H3.